The summed E-state index contributed by atoms with van der Waals surface area (Å²) in [7, 11) is 3.01. The van der Waals surface area contributed by atoms with E-state index in [1.54, 1.807) is 0 Å². The molecule has 1 aliphatic heterocycles. The molecule has 1 unspecified atom stereocenters. The lowest BCUT2D eigenvalue weighted by Gasteiger charge is -2.35. The molecule has 29 heavy (non-hydrogen) atoms. The van der Waals surface area contributed by atoms with E-state index >= 15 is 0 Å². The van der Waals surface area contributed by atoms with Gasteiger partial charge in [0.05, 0.1) is 19.1 Å². The maximum absolute atomic E-state index is 14.9. The summed E-state index contributed by atoms with van der Waals surface area (Å²) in [6, 6.07) is 12.5. The lowest BCUT2D eigenvalue weighted by atomic mass is 9.85. The van der Waals surface area contributed by atoms with Crippen molar-refractivity contribution in [2.24, 2.45) is 5.92 Å². The molecular weight excluding hydrogens is 389 g/mol. The Kier molecular flexibility index (Phi) is 6.03. The number of piperidine rings is 1. The van der Waals surface area contributed by atoms with Gasteiger partial charge in [-0.1, -0.05) is 30.3 Å². The van der Waals surface area contributed by atoms with Crippen molar-refractivity contribution in [2.45, 2.75) is 43.5 Å². The molecule has 0 amide bonds. The molecule has 3 nitrogen and oxygen atoms in total. The normalized spacial score (nSPS) is 22.5. The van der Waals surface area contributed by atoms with Crippen LogP contribution in [0.2, 0.25) is 0 Å². The fourth-order valence-corrected chi connectivity index (χ4v) is 5.46. The quantitative estimate of drug-likeness (QED) is 0.601. The van der Waals surface area contributed by atoms with E-state index in [0.717, 1.165) is 44.5 Å². The predicted octanol–water partition coefficient (Wildman–Crippen LogP) is 5.22. The second-order valence-corrected chi connectivity index (χ2v) is 9.28. The summed E-state index contributed by atoms with van der Waals surface area (Å²) in [6.45, 7) is 3.20. The third-order valence-corrected chi connectivity index (χ3v) is 6.84. The van der Waals surface area contributed by atoms with Crippen LogP contribution in [0, 0.1) is 11.7 Å². The van der Waals surface area contributed by atoms with Crippen molar-refractivity contribution in [3.8, 4) is 11.5 Å². The number of hydrogen-bond acceptors (Lipinski definition) is 3. The minimum Gasteiger partial charge on any atom is -0.493 e. The first kappa shape index (κ1) is 20.5. The van der Waals surface area contributed by atoms with Gasteiger partial charge in [-0.15, -0.1) is 11.6 Å². The van der Waals surface area contributed by atoms with Crippen LogP contribution in [0.5, 0.6) is 11.5 Å². The predicted molar refractivity (Wildman–Crippen MR) is 115 cm³/mol. The van der Waals surface area contributed by atoms with Crippen LogP contribution >= 0.6 is 11.6 Å². The van der Waals surface area contributed by atoms with Gasteiger partial charge in [-0.3, -0.25) is 4.90 Å². The molecule has 1 aliphatic carbocycles. The Morgan fingerprint density at radius 1 is 1.10 bits per heavy atom. The molecule has 1 atom stereocenters. The minimum atomic E-state index is -0.410. The Morgan fingerprint density at radius 3 is 2.48 bits per heavy atom. The number of alkyl halides is 1. The summed E-state index contributed by atoms with van der Waals surface area (Å²) in [5.41, 5.74) is 3.01. The van der Waals surface area contributed by atoms with E-state index in [9.17, 15) is 4.39 Å². The van der Waals surface area contributed by atoms with Crippen LogP contribution in [0.15, 0.2) is 36.4 Å². The van der Waals surface area contributed by atoms with Crippen LogP contribution in [0.1, 0.15) is 36.0 Å². The van der Waals surface area contributed by atoms with Gasteiger partial charge in [-0.05, 0) is 73.9 Å². The van der Waals surface area contributed by atoms with Crippen LogP contribution in [-0.4, -0.2) is 37.1 Å². The molecule has 0 bridgehead atoms. The SMILES string of the molecule is COc1cc2c(c(F)c1OC)CC(Cl)(CC1CCN(Cc3ccccc3)CC1)C2. The Balaban J connectivity index is 1.37. The zero-order valence-electron chi connectivity index (χ0n) is 17.2. The van der Waals surface area contributed by atoms with Gasteiger partial charge in [-0.25, -0.2) is 4.39 Å². The Bertz CT molecular complexity index is 852. The molecule has 0 spiro atoms. The number of halogens is 2. The van der Waals surface area contributed by atoms with Gasteiger partial charge in [0.15, 0.2) is 17.3 Å². The number of hydrogen-bond donors (Lipinski definition) is 0. The van der Waals surface area contributed by atoms with Gasteiger partial charge in [0.25, 0.3) is 0 Å². The Morgan fingerprint density at radius 2 is 1.83 bits per heavy atom. The largest absolute Gasteiger partial charge is 0.493 e. The van der Waals surface area contributed by atoms with Crippen molar-refractivity contribution in [3.63, 3.8) is 0 Å². The van der Waals surface area contributed by atoms with E-state index in [2.05, 4.69) is 35.2 Å². The Hall–Kier alpha value is -1.78. The van der Waals surface area contributed by atoms with Crippen molar-refractivity contribution in [3.05, 3.63) is 58.9 Å². The highest BCUT2D eigenvalue weighted by Crippen LogP contribution is 2.46. The second kappa shape index (κ2) is 8.53. The smallest absolute Gasteiger partial charge is 0.197 e. The van der Waals surface area contributed by atoms with Crippen molar-refractivity contribution in [1.29, 1.82) is 0 Å². The maximum atomic E-state index is 14.9. The minimum absolute atomic E-state index is 0.182. The highest BCUT2D eigenvalue weighted by Gasteiger charge is 2.40. The van der Waals surface area contributed by atoms with Crippen LogP contribution in [0.25, 0.3) is 0 Å². The zero-order valence-corrected chi connectivity index (χ0v) is 18.0. The van der Waals surface area contributed by atoms with Gasteiger partial charge < -0.3 is 9.47 Å². The van der Waals surface area contributed by atoms with Gasteiger partial charge in [0.2, 0.25) is 0 Å². The first-order valence-electron chi connectivity index (χ1n) is 10.4. The molecule has 4 rings (SSSR count). The number of methoxy groups -OCH3 is 2. The highest BCUT2D eigenvalue weighted by atomic mass is 35.5. The van der Waals surface area contributed by atoms with E-state index in [1.807, 2.05) is 6.07 Å². The standard InChI is InChI=1S/C24H29ClFNO2/c1-28-21-12-19-14-24(25,15-20(19)22(26)23(21)29-2)13-17-8-10-27(11-9-17)16-18-6-4-3-5-7-18/h3-7,12,17H,8-11,13-16H2,1-2H3. The molecule has 0 aromatic heterocycles. The second-order valence-electron chi connectivity index (χ2n) is 8.48. The molecular formula is C24H29ClFNO2. The fraction of sp³-hybridized carbons (Fsp3) is 0.500. The first-order chi connectivity index (χ1) is 14.0. The van der Waals surface area contributed by atoms with E-state index in [1.165, 1.54) is 19.8 Å². The highest BCUT2D eigenvalue weighted by molar-refractivity contribution is 6.24. The number of ether oxygens (including phenoxy) is 2. The summed E-state index contributed by atoms with van der Waals surface area (Å²) >= 11 is 7.04. The fourth-order valence-electron chi connectivity index (χ4n) is 4.96. The van der Waals surface area contributed by atoms with E-state index < -0.39 is 4.87 Å². The molecule has 1 saturated heterocycles. The summed E-state index contributed by atoms with van der Waals surface area (Å²) in [5, 5.41) is 0. The average Bonchev–Trinajstić information content (AvgIpc) is 3.06. The van der Waals surface area contributed by atoms with Crippen LogP contribution in [0.3, 0.4) is 0 Å². The number of rotatable bonds is 6. The molecule has 1 fully saturated rings. The monoisotopic (exact) mass is 417 g/mol. The molecule has 156 valence electrons. The summed E-state index contributed by atoms with van der Waals surface area (Å²) < 4.78 is 25.5. The molecule has 5 heteroatoms. The molecule has 2 aromatic carbocycles. The van der Waals surface area contributed by atoms with Crippen molar-refractivity contribution in [2.75, 3.05) is 27.3 Å². The molecule has 2 aromatic rings. The van der Waals surface area contributed by atoms with Crippen molar-refractivity contribution in [1.82, 2.24) is 4.90 Å². The number of benzene rings is 2. The zero-order chi connectivity index (χ0) is 20.4. The number of nitrogens with zero attached hydrogens (tertiary/aromatic N) is 1. The summed E-state index contributed by atoms with van der Waals surface area (Å²) in [6.07, 6.45) is 4.46. The molecule has 0 radical (unpaired) electrons. The van der Waals surface area contributed by atoms with Crippen LogP contribution < -0.4 is 9.47 Å². The Labute approximate surface area is 177 Å². The molecule has 2 aliphatic rings. The molecule has 1 heterocycles. The van der Waals surface area contributed by atoms with E-state index in [0.29, 0.717) is 30.1 Å². The van der Waals surface area contributed by atoms with Crippen molar-refractivity contribution < 1.29 is 13.9 Å². The maximum Gasteiger partial charge on any atom is 0.197 e. The van der Waals surface area contributed by atoms with Crippen LogP contribution in [0.4, 0.5) is 4.39 Å². The number of likely N-dealkylation sites (tertiary alicyclic amines) is 1. The topological polar surface area (TPSA) is 21.7 Å². The number of fused-ring (bicyclic) bond motifs is 1. The van der Waals surface area contributed by atoms with E-state index in [4.69, 9.17) is 21.1 Å². The average molecular weight is 418 g/mol. The van der Waals surface area contributed by atoms with Gasteiger partial charge in [0, 0.05) is 6.54 Å². The third kappa shape index (κ3) is 4.39. The van der Waals surface area contributed by atoms with Gasteiger partial charge >= 0.3 is 0 Å². The van der Waals surface area contributed by atoms with E-state index in [-0.39, 0.29) is 11.6 Å². The first-order valence-corrected chi connectivity index (χ1v) is 10.8. The third-order valence-electron chi connectivity index (χ3n) is 6.42. The summed E-state index contributed by atoms with van der Waals surface area (Å²) in [4.78, 5) is 2.11. The summed E-state index contributed by atoms with van der Waals surface area (Å²) in [5.74, 6) is 0.892. The van der Waals surface area contributed by atoms with Crippen LogP contribution in [-0.2, 0) is 19.4 Å². The lowest BCUT2D eigenvalue weighted by molar-refractivity contribution is 0.164. The van der Waals surface area contributed by atoms with Crippen molar-refractivity contribution >= 4 is 11.6 Å². The molecule has 0 saturated carbocycles. The lowest BCUT2D eigenvalue weighted by Crippen LogP contribution is -2.36. The van der Waals surface area contributed by atoms with Gasteiger partial charge in [-0.2, -0.15) is 0 Å². The molecule has 0 N–H and O–H groups in total. The van der Waals surface area contributed by atoms with Gasteiger partial charge in [0.1, 0.15) is 0 Å².